The zero-order valence-electron chi connectivity index (χ0n) is 19.2. The highest BCUT2D eigenvalue weighted by molar-refractivity contribution is 5.80. The van der Waals surface area contributed by atoms with Crippen molar-refractivity contribution in [2.45, 2.75) is 70.7 Å². The van der Waals surface area contributed by atoms with Crippen LogP contribution in [0.5, 0.6) is 0 Å². The number of esters is 1. The Bertz CT molecular complexity index is 860. The fourth-order valence-corrected chi connectivity index (χ4v) is 5.05. The maximum Gasteiger partial charge on any atom is 0.410 e. The summed E-state index contributed by atoms with van der Waals surface area (Å²) >= 11 is 0. The van der Waals surface area contributed by atoms with Crippen molar-refractivity contribution < 1.29 is 19.1 Å². The van der Waals surface area contributed by atoms with Gasteiger partial charge in [0, 0.05) is 12.0 Å². The predicted octanol–water partition coefficient (Wildman–Crippen LogP) is 3.76. The van der Waals surface area contributed by atoms with Crippen LogP contribution in [0.15, 0.2) is 18.2 Å². The van der Waals surface area contributed by atoms with Crippen LogP contribution in [0.3, 0.4) is 0 Å². The molecular weight excluding hydrogens is 392 g/mol. The van der Waals surface area contributed by atoms with E-state index in [0.29, 0.717) is 6.42 Å². The van der Waals surface area contributed by atoms with Gasteiger partial charge in [-0.05, 0) is 62.3 Å². The smallest absolute Gasteiger partial charge is 0.410 e. The van der Waals surface area contributed by atoms with Crippen molar-refractivity contribution in [1.82, 2.24) is 10.2 Å². The fourth-order valence-electron chi connectivity index (χ4n) is 5.05. The Morgan fingerprint density at radius 1 is 1.29 bits per heavy atom. The van der Waals surface area contributed by atoms with E-state index in [9.17, 15) is 9.59 Å². The summed E-state index contributed by atoms with van der Waals surface area (Å²) in [6.45, 7) is 6.10. The molecule has 1 saturated carbocycles. The van der Waals surface area contributed by atoms with Crippen LogP contribution in [-0.4, -0.2) is 55.3 Å². The number of likely N-dealkylation sites (tertiary alicyclic amines) is 1. The van der Waals surface area contributed by atoms with Gasteiger partial charge in [0.15, 0.2) is 0 Å². The lowest BCUT2D eigenvalue weighted by atomic mass is 9.82. The molecule has 2 fully saturated rings. The van der Waals surface area contributed by atoms with Crippen molar-refractivity contribution in [3.05, 3.63) is 23.8 Å². The van der Waals surface area contributed by atoms with Gasteiger partial charge in [-0.2, -0.15) is 0 Å². The maximum absolute atomic E-state index is 12.5. The maximum atomic E-state index is 12.5. The molecule has 5 atom stereocenters. The first-order chi connectivity index (χ1) is 14.8. The van der Waals surface area contributed by atoms with Crippen molar-refractivity contribution in [2.24, 2.45) is 11.8 Å². The average molecular weight is 427 g/mol. The Morgan fingerprint density at radius 2 is 2.03 bits per heavy atom. The number of nitrogens with zero attached hydrogens (tertiary/aromatic N) is 1. The standard InChI is InChI=1S/C18H28N2O4.C7H6/c1-6-12-10-13-14(20(12)18(22)23-5)8-7-9-15(13)24-17(21)16(19-4)11(2)3;1-5-4-6-2-3-7(5)6/h1,11-16,19H,7-10H2,2-5H3;2-4H,1H3/t12?,13-,14-,15+,16?;/m1./s1. The Morgan fingerprint density at radius 3 is 2.45 bits per heavy atom. The SMILES string of the molecule is C#CC1C[C@H]2[C@@H](OC(=O)C(NC)C(C)C)CCC[C@H]2N1C(=O)OC.Cc1cc2ccc1-2. The Hall–Kier alpha value is -2.52. The highest BCUT2D eigenvalue weighted by Crippen LogP contribution is 2.41. The number of carbonyl (C=O) groups is 2. The van der Waals surface area contributed by atoms with Gasteiger partial charge in [-0.1, -0.05) is 38.0 Å². The van der Waals surface area contributed by atoms with Gasteiger partial charge in [0.2, 0.25) is 0 Å². The van der Waals surface area contributed by atoms with Crippen LogP contribution < -0.4 is 5.32 Å². The first-order valence-corrected chi connectivity index (χ1v) is 11.1. The number of benzene rings is 1. The van der Waals surface area contributed by atoms with E-state index in [4.69, 9.17) is 15.9 Å². The fraction of sp³-hybridized carbons (Fsp3) is 0.600. The molecule has 168 valence electrons. The topological polar surface area (TPSA) is 67.9 Å². The molecule has 1 aliphatic heterocycles. The number of fused-ring (bicyclic) bond motifs is 2. The molecule has 4 aliphatic rings. The molecule has 1 N–H and O–H groups in total. The van der Waals surface area contributed by atoms with Gasteiger partial charge < -0.3 is 14.8 Å². The molecule has 3 aliphatic carbocycles. The van der Waals surface area contributed by atoms with Crippen LogP contribution in [0.1, 0.15) is 45.1 Å². The van der Waals surface area contributed by atoms with Crippen molar-refractivity contribution in [1.29, 1.82) is 0 Å². The third-order valence-electron chi connectivity index (χ3n) is 6.76. The molecule has 6 nitrogen and oxygen atoms in total. The monoisotopic (exact) mass is 426 g/mol. The highest BCUT2D eigenvalue weighted by atomic mass is 16.6. The number of aryl methyl sites for hydroxylation is 1. The predicted molar refractivity (Wildman–Crippen MR) is 120 cm³/mol. The quantitative estimate of drug-likeness (QED) is 0.596. The number of hydrogen-bond acceptors (Lipinski definition) is 5. The molecule has 0 radical (unpaired) electrons. The second-order valence-corrected chi connectivity index (χ2v) is 8.97. The summed E-state index contributed by atoms with van der Waals surface area (Å²) in [4.78, 5) is 26.2. The summed E-state index contributed by atoms with van der Waals surface area (Å²) in [6, 6.07) is 5.86. The first kappa shape index (κ1) is 23.1. The molecule has 2 unspecified atom stereocenters. The normalized spacial score (nSPS) is 26.2. The molecule has 0 aromatic carbocycles. The highest BCUT2D eigenvalue weighted by Gasteiger charge is 2.49. The van der Waals surface area contributed by atoms with Gasteiger partial charge in [0.25, 0.3) is 0 Å². The van der Waals surface area contributed by atoms with Crippen molar-refractivity contribution >= 4 is 12.1 Å². The summed E-state index contributed by atoms with van der Waals surface area (Å²) in [5.41, 5.74) is 4.36. The lowest BCUT2D eigenvalue weighted by Crippen LogP contribution is -2.48. The van der Waals surface area contributed by atoms with Gasteiger partial charge in [0.05, 0.1) is 13.2 Å². The zero-order valence-corrected chi connectivity index (χ0v) is 19.2. The van der Waals surface area contributed by atoms with E-state index >= 15 is 0 Å². The van der Waals surface area contributed by atoms with E-state index in [1.54, 1.807) is 11.9 Å². The molecule has 0 aromatic rings. The lowest BCUT2D eigenvalue weighted by molar-refractivity contribution is -0.157. The number of ether oxygens (including phenoxy) is 2. The Kier molecular flexibility index (Phi) is 7.27. The minimum atomic E-state index is -0.396. The van der Waals surface area contributed by atoms with Crippen LogP contribution >= 0.6 is 0 Å². The van der Waals surface area contributed by atoms with E-state index in [-0.39, 0.29) is 42.0 Å². The molecule has 31 heavy (non-hydrogen) atoms. The van der Waals surface area contributed by atoms with Crippen LogP contribution in [0.4, 0.5) is 4.79 Å². The molecule has 0 bridgehead atoms. The number of amides is 1. The van der Waals surface area contributed by atoms with Gasteiger partial charge >= 0.3 is 12.1 Å². The van der Waals surface area contributed by atoms with Gasteiger partial charge in [-0.3, -0.25) is 9.69 Å². The number of terminal acetylenes is 1. The first-order valence-electron chi connectivity index (χ1n) is 11.1. The van der Waals surface area contributed by atoms with Crippen LogP contribution in [0.2, 0.25) is 0 Å². The largest absolute Gasteiger partial charge is 0.461 e. The van der Waals surface area contributed by atoms with E-state index < -0.39 is 6.09 Å². The average Bonchev–Trinajstić information content (AvgIpc) is 3.11. The summed E-state index contributed by atoms with van der Waals surface area (Å²) in [5.74, 6) is 2.68. The summed E-state index contributed by atoms with van der Waals surface area (Å²) in [6.07, 6.45) is 8.25. The number of methoxy groups -OCH3 is 1. The molecule has 0 aromatic heterocycles. The third kappa shape index (κ3) is 4.57. The van der Waals surface area contributed by atoms with E-state index in [1.807, 2.05) is 13.8 Å². The number of hydrogen-bond donors (Lipinski definition) is 1. The van der Waals surface area contributed by atoms with Crippen molar-refractivity contribution in [3.8, 4) is 23.5 Å². The molecular formula is C25H34N2O4. The molecule has 6 heteroatoms. The number of likely N-dealkylation sites (N-methyl/N-ethyl adjacent to an activating group) is 1. The summed E-state index contributed by atoms with van der Waals surface area (Å²) in [7, 11) is 3.13. The molecule has 1 amide bonds. The molecule has 4 rings (SSSR count). The minimum Gasteiger partial charge on any atom is -0.461 e. The van der Waals surface area contributed by atoms with Crippen LogP contribution in [0, 0.1) is 31.1 Å². The number of carbonyl (C=O) groups excluding carboxylic acids is 2. The number of nitrogens with one attached hydrogen (secondary N) is 1. The third-order valence-corrected chi connectivity index (χ3v) is 6.76. The minimum absolute atomic E-state index is 0.0165. The zero-order chi connectivity index (χ0) is 22.7. The lowest BCUT2D eigenvalue weighted by Gasteiger charge is -2.36. The van der Waals surface area contributed by atoms with Crippen molar-refractivity contribution in [2.75, 3.05) is 14.2 Å². The van der Waals surface area contributed by atoms with Gasteiger partial charge in [-0.25, -0.2) is 4.79 Å². The second-order valence-electron chi connectivity index (χ2n) is 8.97. The second kappa shape index (κ2) is 9.74. The number of rotatable bonds is 4. The van der Waals surface area contributed by atoms with E-state index in [2.05, 4.69) is 36.4 Å². The molecule has 0 spiro atoms. The molecule has 1 heterocycles. The van der Waals surface area contributed by atoms with Crippen LogP contribution in [-0.2, 0) is 14.3 Å². The van der Waals surface area contributed by atoms with E-state index in [0.717, 1.165) is 19.3 Å². The Labute approximate surface area is 185 Å². The van der Waals surface area contributed by atoms with Crippen molar-refractivity contribution in [3.63, 3.8) is 0 Å². The van der Waals surface area contributed by atoms with Gasteiger partial charge in [-0.15, -0.1) is 6.42 Å². The summed E-state index contributed by atoms with van der Waals surface area (Å²) < 4.78 is 10.7. The van der Waals surface area contributed by atoms with E-state index in [1.165, 1.54) is 23.8 Å². The van der Waals surface area contributed by atoms with Gasteiger partial charge in [0.1, 0.15) is 12.1 Å². The van der Waals surface area contributed by atoms with Crippen LogP contribution in [0.25, 0.3) is 11.1 Å². The Balaban J connectivity index is 0.000000322. The summed E-state index contributed by atoms with van der Waals surface area (Å²) in [5, 5.41) is 3.02. The molecule has 1 saturated heterocycles.